The second-order valence-electron chi connectivity index (χ2n) is 4.08. The molecule has 0 amide bonds. The van der Waals surface area contributed by atoms with Crippen LogP contribution in [0.3, 0.4) is 0 Å². The summed E-state index contributed by atoms with van der Waals surface area (Å²) < 4.78 is 0. The molecule has 0 atom stereocenters. The highest BCUT2D eigenvalue weighted by atomic mass is 16.1. The van der Waals surface area contributed by atoms with Gasteiger partial charge >= 0.3 is 0 Å². The molecule has 82 valence electrons. The van der Waals surface area contributed by atoms with Gasteiger partial charge in [0.2, 0.25) is 0 Å². The zero-order chi connectivity index (χ0) is 10.7. The first kappa shape index (κ1) is 10.2. The van der Waals surface area contributed by atoms with Gasteiger partial charge in [0.1, 0.15) is 0 Å². The Labute approximate surface area is 89.3 Å². The Morgan fingerprint density at radius 3 is 2.87 bits per heavy atom. The predicted octanol–water partition coefficient (Wildman–Crippen LogP) is 1.40. The molecule has 2 heterocycles. The van der Waals surface area contributed by atoms with Gasteiger partial charge in [-0.2, -0.15) is 0 Å². The van der Waals surface area contributed by atoms with Crippen molar-refractivity contribution >= 4 is 5.82 Å². The quantitative estimate of drug-likeness (QED) is 0.797. The lowest BCUT2D eigenvalue weighted by Crippen LogP contribution is -2.37. The van der Waals surface area contributed by atoms with Crippen molar-refractivity contribution < 1.29 is 0 Å². The molecule has 1 saturated heterocycles. The van der Waals surface area contributed by atoms with Crippen LogP contribution in [-0.2, 0) is 0 Å². The van der Waals surface area contributed by atoms with E-state index >= 15 is 0 Å². The minimum Gasteiger partial charge on any atom is -0.352 e. The maximum Gasteiger partial charge on any atom is 0.290 e. The van der Waals surface area contributed by atoms with E-state index in [1.165, 1.54) is 19.3 Å². The fourth-order valence-electron chi connectivity index (χ4n) is 2.12. The van der Waals surface area contributed by atoms with Gasteiger partial charge in [0.15, 0.2) is 5.82 Å². The molecule has 0 radical (unpaired) electrons. The van der Waals surface area contributed by atoms with E-state index < -0.39 is 0 Å². The van der Waals surface area contributed by atoms with Crippen LogP contribution in [0, 0.1) is 5.92 Å². The highest BCUT2D eigenvalue weighted by Gasteiger charge is 2.20. The van der Waals surface area contributed by atoms with Gasteiger partial charge in [0, 0.05) is 25.5 Å². The van der Waals surface area contributed by atoms with E-state index in [1.54, 1.807) is 12.4 Å². The first-order chi connectivity index (χ1) is 7.31. The molecule has 1 fully saturated rings. The first-order valence-corrected chi connectivity index (χ1v) is 5.60. The van der Waals surface area contributed by atoms with Gasteiger partial charge < -0.3 is 9.88 Å². The fourth-order valence-corrected chi connectivity index (χ4v) is 2.12. The molecule has 0 bridgehead atoms. The van der Waals surface area contributed by atoms with E-state index in [4.69, 9.17) is 0 Å². The summed E-state index contributed by atoms with van der Waals surface area (Å²) >= 11 is 0. The Morgan fingerprint density at radius 1 is 1.53 bits per heavy atom. The molecule has 15 heavy (non-hydrogen) atoms. The first-order valence-electron chi connectivity index (χ1n) is 5.60. The molecule has 1 aliphatic heterocycles. The number of anilines is 1. The second-order valence-corrected chi connectivity index (χ2v) is 4.08. The number of aromatic amines is 1. The third-order valence-corrected chi connectivity index (χ3v) is 3.18. The molecule has 1 N–H and O–H groups in total. The van der Waals surface area contributed by atoms with Gasteiger partial charge in [-0.25, -0.2) is 4.98 Å². The standard InChI is InChI=1S/C11H17N3O/c1-2-9-3-7-14(8-4-9)10-11(15)13-6-5-12-10/h5-6,9H,2-4,7-8H2,1H3,(H,13,15). The zero-order valence-electron chi connectivity index (χ0n) is 9.07. The number of rotatable bonds is 2. The van der Waals surface area contributed by atoms with Gasteiger partial charge in [0.05, 0.1) is 0 Å². The van der Waals surface area contributed by atoms with Crippen molar-refractivity contribution in [1.29, 1.82) is 0 Å². The molecule has 4 nitrogen and oxygen atoms in total. The number of hydrogen-bond acceptors (Lipinski definition) is 3. The van der Waals surface area contributed by atoms with Crippen molar-refractivity contribution in [3.05, 3.63) is 22.7 Å². The third kappa shape index (κ3) is 2.19. The minimum atomic E-state index is -0.0764. The predicted molar refractivity (Wildman–Crippen MR) is 60.1 cm³/mol. The molecule has 4 heteroatoms. The van der Waals surface area contributed by atoms with Crippen molar-refractivity contribution in [3.8, 4) is 0 Å². The van der Waals surface area contributed by atoms with E-state index in [2.05, 4.69) is 21.8 Å². The van der Waals surface area contributed by atoms with Crippen molar-refractivity contribution in [3.63, 3.8) is 0 Å². The molecule has 0 spiro atoms. The molecule has 1 aliphatic rings. The number of piperidine rings is 1. The minimum absolute atomic E-state index is 0.0764. The molecule has 0 saturated carbocycles. The molecule has 2 rings (SSSR count). The summed E-state index contributed by atoms with van der Waals surface area (Å²) in [4.78, 5) is 20.4. The summed E-state index contributed by atoms with van der Waals surface area (Å²) in [6.07, 6.45) is 6.80. The molecular weight excluding hydrogens is 190 g/mol. The van der Waals surface area contributed by atoms with Crippen LogP contribution in [0.15, 0.2) is 17.2 Å². The monoisotopic (exact) mass is 207 g/mol. The zero-order valence-corrected chi connectivity index (χ0v) is 9.07. The van der Waals surface area contributed by atoms with Crippen molar-refractivity contribution in [2.75, 3.05) is 18.0 Å². The summed E-state index contributed by atoms with van der Waals surface area (Å²) in [5.41, 5.74) is -0.0764. The van der Waals surface area contributed by atoms with Crippen molar-refractivity contribution in [1.82, 2.24) is 9.97 Å². The summed E-state index contributed by atoms with van der Waals surface area (Å²) in [7, 11) is 0. The van der Waals surface area contributed by atoms with Crippen LogP contribution in [-0.4, -0.2) is 23.1 Å². The molecule has 1 aromatic heterocycles. The largest absolute Gasteiger partial charge is 0.352 e. The number of aromatic nitrogens is 2. The molecule has 0 unspecified atom stereocenters. The lowest BCUT2D eigenvalue weighted by molar-refractivity contribution is 0.393. The number of H-pyrrole nitrogens is 1. The van der Waals surface area contributed by atoms with Gasteiger partial charge in [-0.05, 0) is 18.8 Å². The van der Waals surface area contributed by atoms with Gasteiger partial charge in [-0.3, -0.25) is 4.79 Å². The Hall–Kier alpha value is -1.32. The Morgan fingerprint density at radius 2 is 2.27 bits per heavy atom. The normalized spacial score (nSPS) is 18.1. The average Bonchev–Trinajstić information content (AvgIpc) is 2.30. The van der Waals surface area contributed by atoms with Crippen LogP contribution in [0.4, 0.5) is 5.82 Å². The number of hydrogen-bond donors (Lipinski definition) is 1. The molecule has 1 aromatic rings. The Bertz CT molecular complexity index is 366. The molecule has 0 aliphatic carbocycles. The van der Waals surface area contributed by atoms with Gasteiger partial charge in [-0.15, -0.1) is 0 Å². The van der Waals surface area contributed by atoms with E-state index in [-0.39, 0.29) is 5.56 Å². The second kappa shape index (κ2) is 4.47. The summed E-state index contributed by atoms with van der Waals surface area (Å²) in [5, 5.41) is 0. The lowest BCUT2D eigenvalue weighted by atomic mass is 9.94. The van der Waals surface area contributed by atoms with Gasteiger partial charge in [-0.1, -0.05) is 13.3 Å². The highest BCUT2D eigenvalue weighted by molar-refractivity contribution is 5.35. The van der Waals surface area contributed by atoms with Crippen LogP contribution in [0.5, 0.6) is 0 Å². The SMILES string of the molecule is CCC1CCN(c2ncc[nH]c2=O)CC1. The maximum atomic E-state index is 11.5. The fraction of sp³-hybridized carbons (Fsp3) is 0.636. The van der Waals surface area contributed by atoms with Gasteiger partial charge in [0.25, 0.3) is 5.56 Å². The van der Waals surface area contributed by atoms with Crippen LogP contribution in [0.1, 0.15) is 26.2 Å². The number of nitrogens with zero attached hydrogens (tertiary/aromatic N) is 2. The third-order valence-electron chi connectivity index (χ3n) is 3.18. The van der Waals surface area contributed by atoms with E-state index in [9.17, 15) is 4.79 Å². The molecule has 0 aromatic carbocycles. The van der Waals surface area contributed by atoms with Crippen molar-refractivity contribution in [2.45, 2.75) is 26.2 Å². The lowest BCUT2D eigenvalue weighted by Gasteiger charge is -2.31. The van der Waals surface area contributed by atoms with Crippen LogP contribution < -0.4 is 10.5 Å². The summed E-state index contributed by atoms with van der Waals surface area (Å²) in [6.45, 7) is 4.14. The maximum absolute atomic E-state index is 11.5. The Kier molecular flexibility index (Phi) is 3.04. The topological polar surface area (TPSA) is 49.0 Å². The van der Waals surface area contributed by atoms with Crippen LogP contribution in [0.25, 0.3) is 0 Å². The number of nitrogens with one attached hydrogen (secondary N) is 1. The Balaban J connectivity index is 2.08. The summed E-state index contributed by atoms with van der Waals surface area (Å²) in [6, 6.07) is 0. The smallest absolute Gasteiger partial charge is 0.290 e. The van der Waals surface area contributed by atoms with Crippen LogP contribution in [0.2, 0.25) is 0 Å². The van der Waals surface area contributed by atoms with E-state index in [0.29, 0.717) is 5.82 Å². The van der Waals surface area contributed by atoms with Crippen molar-refractivity contribution in [2.24, 2.45) is 5.92 Å². The molecular formula is C11H17N3O. The van der Waals surface area contributed by atoms with E-state index in [0.717, 1.165) is 19.0 Å². The summed E-state index contributed by atoms with van der Waals surface area (Å²) in [5.74, 6) is 1.40. The van der Waals surface area contributed by atoms with Crippen LogP contribution >= 0.6 is 0 Å². The average molecular weight is 207 g/mol. The highest BCUT2D eigenvalue weighted by Crippen LogP contribution is 2.21. The van der Waals surface area contributed by atoms with E-state index in [1.807, 2.05) is 0 Å².